The van der Waals surface area contributed by atoms with Crippen LogP contribution in [0, 0.1) is 0 Å². The van der Waals surface area contributed by atoms with Crippen molar-refractivity contribution in [1.82, 2.24) is 5.32 Å². The lowest BCUT2D eigenvalue weighted by Gasteiger charge is -2.41. The van der Waals surface area contributed by atoms with Gasteiger partial charge in [0, 0.05) is 18.2 Å². The van der Waals surface area contributed by atoms with Crippen molar-refractivity contribution < 1.29 is 9.84 Å². The SMILES string of the molecule is CC(C)(O)C(C)(C)NC1CCCOC1. The molecule has 0 radical (unpaired) electrons. The van der Waals surface area contributed by atoms with Crippen molar-refractivity contribution in [2.75, 3.05) is 13.2 Å². The first kappa shape index (κ1) is 12.0. The molecule has 0 spiro atoms. The Morgan fingerprint density at radius 3 is 2.36 bits per heavy atom. The van der Waals surface area contributed by atoms with Crippen molar-refractivity contribution in [2.24, 2.45) is 0 Å². The van der Waals surface area contributed by atoms with Gasteiger partial charge in [-0.2, -0.15) is 0 Å². The van der Waals surface area contributed by atoms with Gasteiger partial charge in [0.1, 0.15) is 0 Å². The van der Waals surface area contributed by atoms with Gasteiger partial charge in [-0.3, -0.25) is 0 Å². The molecule has 14 heavy (non-hydrogen) atoms. The highest BCUT2D eigenvalue weighted by atomic mass is 16.5. The number of ether oxygens (including phenoxy) is 1. The minimum Gasteiger partial charge on any atom is -0.389 e. The molecular weight excluding hydrogens is 178 g/mol. The fourth-order valence-corrected chi connectivity index (χ4v) is 1.54. The summed E-state index contributed by atoms with van der Waals surface area (Å²) in [6.45, 7) is 9.37. The van der Waals surface area contributed by atoms with Gasteiger partial charge in [0.25, 0.3) is 0 Å². The van der Waals surface area contributed by atoms with Gasteiger partial charge >= 0.3 is 0 Å². The fourth-order valence-electron chi connectivity index (χ4n) is 1.54. The Bertz CT molecular complexity index is 178. The molecule has 1 rings (SSSR count). The van der Waals surface area contributed by atoms with Gasteiger partial charge in [-0.15, -0.1) is 0 Å². The van der Waals surface area contributed by atoms with Crippen LogP contribution in [0.25, 0.3) is 0 Å². The van der Waals surface area contributed by atoms with Gasteiger partial charge in [-0.1, -0.05) is 0 Å². The fraction of sp³-hybridized carbons (Fsp3) is 1.00. The topological polar surface area (TPSA) is 41.5 Å². The Hall–Kier alpha value is -0.120. The zero-order valence-corrected chi connectivity index (χ0v) is 9.76. The summed E-state index contributed by atoms with van der Waals surface area (Å²) in [5.41, 5.74) is -0.997. The second-order valence-corrected chi connectivity index (χ2v) is 5.24. The molecule has 1 saturated heterocycles. The number of hydrogen-bond donors (Lipinski definition) is 2. The molecular formula is C11H23NO2. The number of nitrogens with one attached hydrogen (secondary N) is 1. The van der Waals surface area contributed by atoms with E-state index in [2.05, 4.69) is 5.32 Å². The molecule has 2 N–H and O–H groups in total. The molecule has 1 aliphatic heterocycles. The lowest BCUT2D eigenvalue weighted by Crippen LogP contribution is -2.60. The molecule has 1 fully saturated rings. The zero-order chi connectivity index (χ0) is 10.8. The van der Waals surface area contributed by atoms with Crippen molar-refractivity contribution in [3.05, 3.63) is 0 Å². The van der Waals surface area contributed by atoms with Gasteiger partial charge in [0.15, 0.2) is 0 Å². The molecule has 84 valence electrons. The quantitative estimate of drug-likeness (QED) is 0.723. The summed E-state index contributed by atoms with van der Waals surface area (Å²) in [5.74, 6) is 0. The van der Waals surface area contributed by atoms with Crippen LogP contribution in [0.5, 0.6) is 0 Å². The highest BCUT2D eigenvalue weighted by Crippen LogP contribution is 2.22. The van der Waals surface area contributed by atoms with Crippen molar-refractivity contribution in [3.63, 3.8) is 0 Å². The van der Waals surface area contributed by atoms with E-state index in [1.54, 1.807) is 0 Å². The number of aliphatic hydroxyl groups is 1. The summed E-state index contributed by atoms with van der Waals surface area (Å²) >= 11 is 0. The number of hydrogen-bond acceptors (Lipinski definition) is 3. The maximum absolute atomic E-state index is 9.97. The van der Waals surface area contributed by atoms with E-state index in [0.29, 0.717) is 6.04 Å². The second-order valence-electron chi connectivity index (χ2n) is 5.24. The predicted octanol–water partition coefficient (Wildman–Crippen LogP) is 1.30. The summed E-state index contributed by atoms with van der Waals surface area (Å²) in [4.78, 5) is 0. The maximum atomic E-state index is 9.97. The molecule has 3 nitrogen and oxygen atoms in total. The summed E-state index contributed by atoms with van der Waals surface area (Å²) < 4.78 is 5.40. The van der Waals surface area contributed by atoms with E-state index >= 15 is 0 Å². The average Bonchev–Trinajstić information content (AvgIpc) is 2.03. The van der Waals surface area contributed by atoms with E-state index in [1.165, 1.54) is 0 Å². The molecule has 0 saturated carbocycles. The Labute approximate surface area is 86.8 Å². The van der Waals surface area contributed by atoms with Crippen LogP contribution in [-0.2, 0) is 4.74 Å². The second kappa shape index (κ2) is 4.17. The monoisotopic (exact) mass is 201 g/mol. The minimum atomic E-state index is -0.718. The summed E-state index contributed by atoms with van der Waals surface area (Å²) in [6.07, 6.45) is 2.25. The zero-order valence-electron chi connectivity index (χ0n) is 9.76. The first-order valence-corrected chi connectivity index (χ1v) is 5.41. The van der Waals surface area contributed by atoms with Crippen LogP contribution in [0.3, 0.4) is 0 Å². The Balaban J connectivity index is 2.49. The minimum absolute atomic E-state index is 0.279. The first-order valence-electron chi connectivity index (χ1n) is 5.41. The molecule has 0 aromatic carbocycles. The molecule has 0 aromatic heterocycles. The molecule has 3 heteroatoms. The molecule has 0 bridgehead atoms. The Kier molecular flexibility index (Phi) is 3.56. The Morgan fingerprint density at radius 1 is 1.29 bits per heavy atom. The van der Waals surface area contributed by atoms with Crippen LogP contribution in [0.2, 0.25) is 0 Å². The standard InChI is InChI=1S/C11H23NO2/c1-10(2,11(3,4)13)12-9-6-5-7-14-8-9/h9,12-13H,5-8H2,1-4H3. The third-order valence-corrected chi connectivity index (χ3v) is 3.25. The van der Waals surface area contributed by atoms with Crippen LogP contribution >= 0.6 is 0 Å². The van der Waals surface area contributed by atoms with Crippen LogP contribution < -0.4 is 5.32 Å². The van der Waals surface area contributed by atoms with E-state index in [1.807, 2.05) is 27.7 Å². The molecule has 1 unspecified atom stereocenters. The first-order chi connectivity index (χ1) is 6.33. The lowest BCUT2D eigenvalue weighted by atomic mass is 9.85. The van der Waals surface area contributed by atoms with Crippen LogP contribution in [0.4, 0.5) is 0 Å². The third kappa shape index (κ3) is 2.94. The molecule has 1 atom stereocenters. The van der Waals surface area contributed by atoms with Crippen LogP contribution in [0.1, 0.15) is 40.5 Å². The van der Waals surface area contributed by atoms with Gasteiger partial charge in [-0.25, -0.2) is 0 Å². The van der Waals surface area contributed by atoms with Crippen molar-refractivity contribution in [1.29, 1.82) is 0 Å². The molecule has 1 heterocycles. The normalized spacial score (nSPS) is 25.1. The van der Waals surface area contributed by atoms with Crippen LogP contribution in [0.15, 0.2) is 0 Å². The van der Waals surface area contributed by atoms with E-state index < -0.39 is 5.60 Å². The molecule has 0 aliphatic carbocycles. The van der Waals surface area contributed by atoms with Crippen molar-refractivity contribution >= 4 is 0 Å². The average molecular weight is 201 g/mol. The molecule has 0 amide bonds. The largest absolute Gasteiger partial charge is 0.389 e. The Morgan fingerprint density at radius 2 is 1.93 bits per heavy atom. The van der Waals surface area contributed by atoms with E-state index in [-0.39, 0.29) is 5.54 Å². The van der Waals surface area contributed by atoms with Crippen molar-refractivity contribution in [2.45, 2.75) is 57.7 Å². The third-order valence-electron chi connectivity index (χ3n) is 3.25. The molecule has 0 aromatic rings. The summed E-state index contributed by atoms with van der Waals surface area (Å²) in [5, 5.41) is 13.4. The van der Waals surface area contributed by atoms with E-state index in [0.717, 1.165) is 26.1 Å². The number of rotatable bonds is 3. The van der Waals surface area contributed by atoms with Gasteiger partial charge < -0.3 is 15.2 Å². The van der Waals surface area contributed by atoms with E-state index in [4.69, 9.17) is 4.74 Å². The smallest absolute Gasteiger partial charge is 0.0767 e. The highest BCUT2D eigenvalue weighted by molar-refractivity contribution is 4.95. The predicted molar refractivity (Wildman–Crippen MR) is 57.4 cm³/mol. The van der Waals surface area contributed by atoms with Gasteiger partial charge in [0.05, 0.1) is 12.2 Å². The van der Waals surface area contributed by atoms with Crippen LogP contribution in [-0.4, -0.2) is 35.5 Å². The maximum Gasteiger partial charge on any atom is 0.0767 e. The summed E-state index contributed by atoms with van der Waals surface area (Å²) in [7, 11) is 0. The van der Waals surface area contributed by atoms with E-state index in [9.17, 15) is 5.11 Å². The highest BCUT2D eigenvalue weighted by Gasteiger charge is 2.36. The molecule has 1 aliphatic rings. The lowest BCUT2D eigenvalue weighted by molar-refractivity contribution is -0.0246. The summed E-state index contributed by atoms with van der Waals surface area (Å²) in [6, 6.07) is 0.380. The van der Waals surface area contributed by atoms with Gasteiger partial charge in [0.2, 0.25) is 0 Å². The van der Waals surface area contributed by atoms with Crippen molar-refractivity contribution in [3.8, 4) is 0 Å². The van der Waals surface area contributed by atoms with Gasteiger partial charge in [-0.05, 0) is 40.5 Å².